The number of carbonyl (C=O) groups excluding carboxylic acids is 2. The lowest BCUT2D eigenvalue weighted by atomic mass is 9.94. The van der Waals surface area contributed by atoms with Crippen LogP contribution in [0.2, 0.25) is 5.02 Å². The second kappa shape index (κ2) is 12.1. The number of nitrogens with one attached hydrogen (secondary N) is 1. The molecule has 12 heteroatoms. The first-order chi connectivity index (χ1) is 17.5. The number of carbonyl (C=O) groups is 4. The van der Waals surface area contributed by atoms with E-state index in [1.165, 1.54) is 36.3 Å². The summed E-state index contributed by atoms with van der Waals surface area (Å²) in [5, 5.41) is 22.5. The van der Waals surface area contributed by atoms with E-state index < -0.39 is 53.3 Å². The Kier molecular flexibility index (Phi) is 9.19. The van der Waals surface area contributed by atoms with Gasteiger partial charge in [0.25, 0.3) is 5.91 Å². The van der Waals surface area contributed by atoms with E-state index >= 15 is 0 Å². The number of hydrogen-bond acceptors (Lipinski definition) is 6. The van der Waals surface area contributed by atoms with Gasteiger partial charge >= 0.3 is 11.9 Å². The summed E-state index contributed by atoms with van der Waals surface area (Å²) in [5.41, 5.74) is 0.891. The van der Waals surface area contributed by atoms with Crippen LogP contribution in [0.1, 0.15) is 34.7 Å². The molecule has 3 rings (SSSR count). The number of amides is 1. The minimum atomic E-state index is -1.40. The quantitative estimate of drug-likeness (QED) is 0.308. The smallest absolute Gasteiger partial charge is 0.326 e. The molecule has 3 atom stereocenters. The molecule has 2 aromatic carbocycles. The van der Waals surface area contributed by atoms with Crippen LogP contribution < -0.4 is 10.1 Å². The third-order valence-corrected chi connectivity index (χ3v) is 6.81. The number of carboxylic acids is 2. The minimum absolute atomic E-state index is 0.0553. The van der Waals surface area contributed by atoms with Crippen LogP contribution in [0, 0.1) is 0 Å². The highest BCUT2D eigenvalue weighted by atomic mass is 35.5. The summed E-state index contributed by atoms with van der Waals surface area (Å²) < 4.78 is 17.9. The van der Waals surface area contributed by atoms with Crippen molar-refractivity contribution in [3.8, 4) is 5.75 Å². The number of hydrogen-bond donors (Lipinski definition) is 3. The summed E-state index contributed by atoms with van der Waals surface area (Å²) >= 11 is 4.66. The molecule has 37 heavy (non-hydrogen) atoms. The average Bonchev–Trinajstić information content (AvgIpc) is 3.23. The SMILES string of the molecule is COc1ccc2c(c1)c(C(CC(=O)NC(CC[S+](C)[O-])C(=O)O)C(=O)O)cn2C(=O)c1ccc(Cl)cc1. The number of aromatic nitrogens is 1. The third-order valence-electron chi connectivity index (χ3n) is 5.74. The molecule has 0 fully saturated rings. The van der Waals surface area contributed by atoms with Crippen LogP contribution in [0.25, 0.3) is 10.9 Å². The predicted octanol–water partition coefficient (Wildman–Crippen LogP) is 2.89. The van der Waals surface area contributed by atoms with Gasteiger partial charge in [-0.2, -0.15) is 0 Å². The number of methoxy groups -OCH3 is 1. The molecule has 0 aliphatic heterocycles. The molecular formula is C25H25ClN2O8S. The van der Waals surface area contributed by atoms with Gasteiger partial charge in [-0.05, 0) is 48.0 Å². The molecule has 1 amide bonds. The second-order valence-corrected chi connectivity index (χ2v) is 10.3. The minimum Gasteiger partial charge on any atom is -0.617 e. The Morgan fingerprint density at radius 1 is 1.11 bits per heavy atom. The average molecular weight is 549 g/mol. The summed E-state index contributed by atoms with van der Waals surface area (Å²) in [7, 11) is 1.44. The Morgan fingerprint density at radius 3 is 2.35 bits per heavy atom. The number of nitrogens with zero attached hydrogens (tertiary/aromatic N) is 1. The number of benzene rings is 2. The Labute approximate surface area is 220 Å². The van der Waals surface area contributed by atoms with Crippen molar-refractivity contribution >= 4 is 57.4 Å². The van der Waals surface area contributed by atoms with Crippen molar-refractivity contribution in [1.29, 1.82) is 0 Å². The molecule has 1 heterocycles. The van der Waals surface area contributed by atoms with E-state index in [1.807, 2.05) is 0 Å². The predicted molar refractivity (Wildman–Crippen MR) is 138 cm³/mol. The van der Waals surface area contributed by atoms with E-state index in [-0.39, 0.29) is 17.7 Å². The Morgan fingerprint density at radius 2 is 1.78 bits per heavy atom. The summed E-state index contributed by atoms with van der Waals surface area (Å²) in [5.74, 6) is -4.83. The molecule has 3 N–H and O–H groups in total. The summed E-state index contributed by atoms with van der Waals surface area (Å²) in [6.45, 7) is 0. The van der Waals surface area contributed by atoms with Crippen molar-refractivity contribution in [2.45, 2.75) is 24.8 Å². The fourth-order valence-corrected chi connectivity index (χ4v) is 4.54. The van der Waals surface area contributed by atoms with Crippen LogP contribution in [-0.2, 0) is 25.6 Å². The highest BCUT2D eigenvalue weighted by Crippen LogP contribution is 2.33. The molecule has 3 aromatic rings. The Hall–Kier alpha value is -3.54. The first-order valence-corrected chi connectivity index (χ1v) is 13.2. The van der Waals surface area contributed by atoms with Crippen LogP contribution >= 0.6 is 11.6 Å². The first-order valence-electron chi connectivity index (χ1n) is 11.1. The molecule has 0 saturated heterocycles. The van der Waals surface area contributed by atoms with Crippen LogP contribution in [0.4, 0.5) is 0 Å². The standard InChI is InChI=1S/C25H25ClN2O8S/c1-36-16-7-8-21-17(11-16)19(13-28(21)23(30)14-3-5-15(26)6-4-14)18(24(31)32)12-22(29)27-20(25(33)34)9-10-37(2)35/h3-8,11,13,18,20H,9-10,12H2,1-2H3,(H,27,29)(H,31,32)(H,33,34). The maximum absolute atomic E-state index is 13.3. The number of carboxylic acid groups (broad SMARTS) is 2. The van der Waals surface area contributed by atoms with E-state index in [1.54, 1.807) is 30.3 Å². The molecule has 0 saturated carbocycles. The van der Waals surface area contributed by atoms with Gasteiger partial charge in [0.2, 0.25) is 5.91 Å². The summed E-state index contributed by atoms with van der Waals surface area (Å²) in [4.78, 5) is 49.8. The van der Waals surface area contributed by atoms with E-state index in [0.29, 0.717) is 27.2 Å². The molecule has 3 unspecified atom stereocenters. The first kappa shape index (κ1) is 28.0. The zero-order chi connectivity index (χ0) is 27.3. The number of fused-ring (bicyclic) bond motifs is 1. The van der Waals surface area contributed by atoms with Gasteiger partial charge in [-0.15, -0.1) is 0 Å². The van der Waals surface area contributed by atoms with Crippen molar-refractivity contribution < 1.29 is 38.7 Å². The van der Waals surface area contributed by atoms with Gasteiger partial charge < -0.3 is 24.8 Å². The van der Waals surface area contributed by atoms with Gasteiger partial charge in [-0.3, -0.25) is 19.0 Å². The van der Waals surface area contributed by atoms with Crippen LogP contribution in [0.3, 0.4) is 0 Å². The van der Waals surface area contributed by atoms with Crippen molar-refractivity contribution in [2.24, 2.45) is 0 Å². The van der Waals surface area contributed by atoms with E-state index in [2.05, 4.69) is 5.32 Å². The molecule has 0 aliphatic rings. The monoisotopic (exact) mass is 548 g/mol. The molecule has 196 valence electrons. The van der Waals surface area contributed by atoms with Crippen LogP contribution in [0.15, 0.2) is 48.7 Å². The fraction of sp³-hybridized carbons (Fsp3) is 0.280. The lowest BCUT2D eigenvalue weighted by Gasteiger charge is -2.17. The summed E-state index contributed by atoms with van der Waals surface area (Å²) in [6, 6.07) is 9.67. The maximum atomic E-state index is 13.3. The normalized spacial score (nSPS) is 13.5. The molecule has 0 aliphatic carbocycles. The lowest BCUT2D eigenvalue weighted by Crippen LogP contribution is -2.42. The largest absolute Gasteiger partial charge is 0.617 e. The Bertz CT molecular complexity index is 1320. The van der Waals surface area contributed by atoms with Crippen molar-refractivity contribution in [2.75, 3.05) is 19.1 Å². The third kappa shape index (κ3) is 6.82. The van der Waals surface area contributed by atoms with Crippen LogP contribution in [-0.4, -0.2) is 68.2 Å². The zero-order valence-electron chi connectivity index (χ0n) is 20.0. The Balaban J connectivity index is 1.99. The molecule has 0 spiro atoms. The molecule has 1 aromatic heterocycles. The number of aliphatic carboxylic acids is 2. The van der Waals surface area contributed by atoms with Crippen molar-refractivity contribution in [3.63, 3.8) is 0 Å². The van der Waals surface area contributed by atoms with Crippen LogP contribution in [0.5, 0.6) is 5.75 Å². The molecule has 0 radical (unpaired) electrons. The van der Waals surface area contributed by atoms with Gasteiger partial charge in [0.15, 0.2) is 0 Å². The van der Waals surface area contributed by atoms with Gasteiger partial charge in [-0.1, -0.05) is 22.8 Å². The molecule has 0 bridgehead atoms. The lowest BCUT2D eigenvalue weighted by molar-refractivity contribution is -0.143. The molecule has 10 nitrogen and oxygen atoms in total. The number of rotatable bonds is 11. The second-order valence-electron chi connectivity index (χ2n) is 8.27. The highest BCUT2D eigenvalue weighted by Gasteiger charge is 2.30. The van der Waals surface area contributed by atoms with Crippen molar-refractivity contribution in [3.05, 3.63) is 64.8 Å². The van der Waals surface area contributed by atoms with Gasteiger partial charge in [-0.25, -0.2) is 4.79 Å². The molecular weight excluding hydrogens is 524 g/mol. The topological polar surface area (TPSA) is 158 Å². The van der Waals surface area contributed by atoms with E-state index in [9.17, 15) is 33.9 Å². The van der Waals surface area contributed by atoms with E-state index in [4.69, 9.17) is 16.3 Å². The van der Waals surface area contributed by atoms with Gasteiger partial charge in [0.1, 0.15) is 17.5 Å². The van der Waals surface area contributed by atoms with Crippen molar-refractivity contribution in [1.82, 2.24) is 9.88 Å². The summed E-state index contributed by atoms with van der Waals surface area (Å²) in [6.07, 6.45) is 2.12. The zero-order valence-corrected chi connectivity index (χ0v) is 21.5. The fourth-order valence-electron chi connectivity index (χ4n) is 3.85. The number of halogens is 1. The van der Waals surface area contributed by atoms with Gasteiger partial charge in [0, 0.05) is 35.0 Å². The van der Waals surface area contributed by atoms with E-state index in [0.717, 1.165) is 0 Å². The maximum Gasteiger partial charge on any atom is 0.326 e. The van der Waals surface area contributed by atoms with Gasteiger partial charge in [0.05, 0.1) is 24.8 Å². The highest BCUT2D eigenvalue weighted by molar-refractivity contribution is 7.90. The number of ether oxygens (including phenoxy) is 1.